The normalized spacial score (nSPS) is 13.5. The fourth-order valence-corrected chi connectivity index (χ4v) is 3.22. The van der Waals surface area contributed by atoms with Crippen molar-refractivity contribution in [3.63, 3.8) is 0 Å². The summed E-state index contributed by atoms with van der Waals surface area (Å²) in [7, 11) is -1.51. The fraction of sp³-hybridized carbons (Fsp3) is 0.632. The van der Waals surface area contributed by atoms with E-state index in [1.54, 1.807) is 14.0 Å². The predicted octanol–water partition coefficient (Wildman–Crippen LogP) is 1.99. The Labute approximate surface area is 164 Å². The molecule has 1 aromatic rings. The molecule has 0 aliphatic heterocycles. The summed E-state index contributed by atoms with van der Waals surface area (Å²) < 4.78 is 30.8. The van der Waals surface area contributed by atoms with Crippen LogP contribution in [0.3, 0.4) is 0 Å². The van der Waals surface area contributed by atoms with Crippen molar-refractivity contribution in [2.45, 2.75) is 40.2 Å². The first-order valence-corrected chi connectivity index (χ1v) is 11.1. The molecule has 154 valence electrons. The Morgan fingerprint density at radius 1 is 1.26 bits per heavy atom. The number of hydrogen-bond donors (Lipinski definition) is 2. The molecule has 27 heavy (non-hydrogen) atoms. The van der Waals surface area contributed by atoms with Crippen molar-refractivity contribution < 1.29 is 13.2 Å². The van der Waals surface area contributed by atoms with E-state index in [-0.39, 0.29) is 11.9 Å². The summed E-state index contributed by atoms with van der Waals surface area (Å²) in [5.74, 6) is 1.71. The summed E-state index contributed by atoms with van der Waals surface area (Å²) in [6, 6.07) is 7.92. The third-order valence-electron chi connectivity index (χ3n) is 4.05. The van der Waals surface area contributed by atoms with Gasteiger partial charge in [0.05, 0.1) is 12.3 Å². The first-order valence-electron chi connectivity index (χ1n) is 9.48. The van der Waals surface area contributed by atoms with Crippen molar-refractivity contribution in [3.05, 3.63) is 29.8 Å². The van der Waals surface area contributed by atoms with E-state index < -0.39 is 10.0 Å². The van der Waals surface area contributed by atoms with E-state index in [1.807, 2.05) is 45.0 Å². The van der Waals surface area contributed by atoms with Gasteiger partial charge in [0, 0.05) is 26.7 Å². The molecule has 0 radical (unpaired) electrons. The number of aryl methyl sites for hydroxylation is 1. The van der Waals surface area contributed by atoms with Crippen LogP contribution in [0.2, 0.25) is 0 Å². The number of sulfonamides is 1. The van der Waals surface area contributed by atoms with Crippen molar-refractivity contribution in [3.8, 4) is 5.75 Å². The number of nitrogens with zero attached hydrogens (tertiary/aromatic N) is 2. The Bertz CT molecular complexity index is 692. The molecule has 7 nitrogen and oxygen atoms in total. The van der Waals surface area contributed by atoms with Gasteiger partial charge in [-0.1, -0.05) is 18.2 Å². The molecule has 0 heterocycles. The molecule has 0 bridgehead atoms. The highest BCUT2D eigenvalue weighted by molar-refractivity contribution is 7.89. The minimum Gasteiger partial charge on any atom is -0.489 e. The second kappa shape index (κ2) is 11.8. The van der Waals surface area contributed by atoms with Gasteiger partial charge >= 0.3 is 0 Å². The summed E-state index contributed by atoms with van der Waals surface area (Å²) in [6.07, 6.45) is 0.650. The smallest absolute Gasteiger partial charge is 0.213 e. The Morgan fingerprint density at radius 3 is 2.59 bits per heavy atom. The van der Waals surface area contributed by atoms with Crippen LogP contribution >= 0.6 is 0 Å². The average Bonchev–Trinajstić information content (AvgIpc) is 2.64. The van der Waals surface area contributed by atoms with Crippen LogP contribution in [-0.2, 0) is 10.0 Å². The highest BCUT2D eigenvalue weighted by Gasteiger charge is 2.14. The minimum atomic E-state index is -3.12. The molecule has 0 spiro atoms. The Hall–Kier alpha value is -1.80. The molecule has 0 amide bonds. The molecule has 1 rings (SSSR count). The predicted molar refractivity (Wildman–Crippen MR) is 112 cm³/mol. The van der Waals surface area contributed by atoms with E-state index in [1.165, 1.54) is 4.31 Å². The molecule has 8 heteroatoms. The molecule has 1 unspecified atom stereocenters. The lowest BCUT2D eigenvalue weighted by Crippen LogP contribution is -2.39. The number of para-hydroxylation sites is 1. The molecule has 0 saturated carbocycles. The SMILES string of the molecule is CCNC(=NCC(C)Oc1ccccc1C)NCCCN(C)S(=O)(=O)CC. The van der Waals surface area contributed by atoms with Gasteiger partial charge in [-0.25, -0.2) is 17.7 Å². The number of guanidine groups is 1. The number of rotatable bonds is 11. The molecule has 2 N–H and O–H groups in total. The summed E-state index contributed by atoms with van der Waals surface area (Å²) in [4.78, 5) is 4.56. The van der Waals surface area contributed by atoms with Crippen molar-refractivity contribution in [2.24, 2.45) is 4.99 Å². The highest BCUT2D eigenvalue weighted by atomic mass is 32.2. The van der Waals surface area contributed by atoms with E-state index in [0.717, 1.165) is 17.9 Å². The van der Waals surface area contributed by atoms with Crippen LogP contribution in [0.1, 0.15) is 32.8 Å². The highest BCUT2D eigenvalue weighted by Crippen LogP contribution is 2.17. The second-order valence-corrected chi connectivity index (χ2v) is 8.78. The topological polar surface area (TPSA) is 83.0 Å². The van der Waals surface area contributed by atoms with Gasteiger partial charge in [-0.15, -0.1) is 0 Å². The summed E-state index contributed by atoms with van der Waals surface area (Å²) in [5.41, 5.74) is 1.10. The largest absolute Gasteiger partial charge is 0.489 e. The molecule has 0 aromatic heterocycles. The molecular weight excluding hydrogens is 364 g/mol. The first-order chi connectivity index (χ1) is 12.8. The third kappa shape index (κ3) is 8.62. The van der Waals surface area contributed by atoms with Crippen LogP contribution in [0.15, 0.2) is 29.3 Å². The lowest BCUT2D eigenvalue weighted by Gasteiger charge is -2.18. The van der Waals surface area contributed by atoms with E-state index in [2.05, 4.69) is 15.6 Å². The molecule has 0 aliphatic carbocycles. The van der Waals surface area contributed by atoms with Crippen molar-refractivity contribution >= 4 is 16.0 Å². The van der Waals surface area contributed by atoms with Crippen molar-refractivity contribution in [1.29, 1.82) is 0 Å². The van der Waals surface area contributed by atoms with Crippen LogP contribution in [0, 0.1) is 6.92 Å². The van der Waals surface area contributed by atoms with E-state index in [9.17, 15) is 8.42 Å². The van der Waals surface area contributed by atoms with Gasteiger partial charge in [0.25, 0.3) is 0 Å². The van der Waals surface area contributed by atoms with Crippen LogP contribution in [0.5, 0.6) is 5.75 Å². The monoisotopic (exact) mass is 398 g/mol. The maximum absolute atomic E-state index is 11.7. The summed E-state index contributed by atoms with van der Waals surface area (Å²) in [6.45, 7) is 10.1. The Balaban J connectivity index is 2.46. The van der Waals surface area contributed by atoms with E-state index >= 15 is 0 Å². The first kappa shape index (κ1) is 23.2. The van der Waals surface area contributed by atoms with Gasteiger partial charge in [-0.05, 0) is 45.7 Å². The average molecular weight is 399 g/mol. The summed E-state index contributed by atoms with van der Waals surface area (Å²) >= 11 is 0. The van der Waals surface area contributed by atoms with E-state index in [4.69, 9.17) is 4.74 Å². The zero-order chi connectivity index (χ0) is 20.3. The maximum atomic E-state index is 11.7. The Morgan fingerprint density at radius 2 is 1.96 bits per heavy atom. The van der Waals surface area contributed by atoms with Gasteiger partial charge < -0.3 is 15.4 Å². The lowest BCUT2D eigenvalue weighted by atomic mass is 10.2. The third-order valence-corrected chi connectivity index (χ3v) is 5.92. The van der Waals surface area contributed by atoms with Crippen molar-refractivity contribution in [2.75, 3.05) is 39.0 Å². The lowest BCUT2D eigenvalue weighted by molar-refractivity contribution is 0.228. The van der Waals surface area contributed by atoms with Crippen LogP contribution in [0.4, 0.5) is 0 Å². The number of benzene rings is 1. The number of nitrogens with one attached hydrogen (secondary N) is 2. The standard InChI is InChI=1S/C19H34N4O3S/c1-6-20-19(21-13-10-14-23(5)27(24,25)7-2)22-15-17(4)26-18-12-9-8-11-16(18)3/h8-9,11-12,17H,6-7,10,13-15H2,1-5H3,(H2,20,21,22). The number of ether oxygens (including phenoxy) is 1. The number of aliphatic imine (C=N–C) groups is 1. The molecule has 0 aliphatic rings. The fourth-order valence-electron chi connectivity index (χ4n) is 2.37. The summed E-state index contributed by atoms with van der Waals surface area (Å²) in [5, 5.41) is 6.43. The van der Waals surface area contributed by atoms with Crippen molar-refractivity contribution in [1.82, 2.24) is 14.9 Å². The second-order valence-electron chi connectivity index (χ2n) is 6.42. The maximum Gasteiger partial charge on any atom is 0.213 e. The van der Waals surface area contributed by atoms with Gasteiger partial charge in [0.1, 0.15) is 11.9 Å². The molecule has 0 saturated heterocycles. The van der Waals surface area contributed by atoms with Gasteiger partial charge in [0.15, 0.2) is 5.96 Å². The zero-order valence-corrected chi connectivity index (χ0v) is 18.0. The zero-order valence-electron chi connectivity index (χ0n) is 17.2. The van der Waals surface area contributed by atoms with Crippen LogP contribution in [-0.4, -0.2) is 63.8 Å². The van der Waals surface area contributed by atoms with E-state index in [0.29, 0.717) is 32.0 Å². The molecule has 1 aromatic carbocycles. The van der Waals surface area contributed by atoms with Gasteiger partial charge in [-0.3, -0.25) is 0 Å². The Kier molecular flexibility index (Phi) is 10.2. The molecular formula is C19H34N4O3S. The van der Waals surface area contributed by atoms with Crippen LogP contribution < -0.4 is 15.4 Å². The number of hydrogen-bond acceptors (Lipinski definition) is 4. The van der Waals surface area contributed by atoms with Gasteiger partial charge in [-0.2, -0.15) is 0 Å². The quantitative estimate of drug-likeness (QED) is 0.338. The van der Waals surface area contributed by atoms with Gasteiger partial charge in [0.2, 0.25) is 10.0 Å². The molecule has 1 atom stereocenters. The minimum absolute atomic E-state index is 0.0533. The molecule has 0 fully saturated rings. The van der Waals surface area contributed by atoms with Crippen LogP contribution in [0.25, 0.3) is 0 Å².